The number of nitrogens with one attached hydrogen (secondary N) is 2. The summed E-state index contributed by atoms with van der Waals surface area (Å²) in [4.78, 5) is 18.2. The Bertz CT molecular complexity index is 127. The summed E-state index contributed by atoms with van der Waals surface area (Å²) in [5.41, 5.74) is 13.1. The largest absolute Gasteiger partial charge is 2.00 e. The van der Waals surface area contributed by atoms with E-state index >= 15 is 0 Å². The predicted molar refractivity (Wildman–Crippen MR) is 38.2 cm³/mol. The van der Waals surface area contributed by atoms with Crippen molar-refractivity contribution >= 4 is 11.9 Å². The molecule has 0 rings (SSSR count). The van der Waals surface area contributed by atoms with Gasteiger partial charge in [0.2, 0.25) is 0 Å². The van der Waals surface area contributed by atoms with E-state index < -0.39 is 11.9 Å². The number of carboxylic acid groups (broad SMARTS) is 2. The minimum atomic E-state index is -1.82. The Balaban J connectivity index is -0.000000126. The van der Waals surface area contributed by atoms with Gasteiger partial charge >= 0.3 is 33.0 Å². The average molecular weight is 357 g/mol. The maximum Gasteiger partial charge on any atom is 2.00 e. The molecule has 0 heterocycles. The quantitative estimate of drug-likeness (QED) is 0.668. The van der Waals surface area contributed by atoms with E-state index in [4.69, 9.17) is 31.3 Å². The first-order chi connectivity index (χ1) is 4.91. The summed E-state index contributed by atoms with van der Waals surface area (Å²) < 4.78 is 0. The van der Waals surface area contributed by atoms with Crippen molar-refractivity contribution in [2.75, 3.05) is 6.54 Å². The number of carbonyl (C=O) groups is 2. The molecule has 0 aromatic rings. The summed E-state index contributed by atoms with van der Waals surface area (Å²) in [6.45, 7) is 1.92. The molecule has 1 unspecified atom stereocenters. The molecule has 6 nitrogen and oxygen atoms in total. The zero-order chi connectivity index (χ0) is 9.44. The third kappa shape index (κ3) is 22.7. The molecule has 7 heteroatoms. The summed E-state index contributed by atoms with van der Waals surface area (Å²) in [6, 6.07) is -0.199. The Hall–Kier alpha value is -0.452. The Morgan fingerprint density at radius 2 is 1.50 bits per heavy atom. The summed E-state index contributed by atoms with van der Waals surface area (Å²) in [5.74, 6) is -3.65. The van der Waals surface area contributed by atoms with E-state index in [2.05, 4.69) is 0 Å². The van der Waals surface area contributed by atoms with Crippen molar-refractivity contribution in [3.8, 4) is 0 Å². The maximum atomic E-state index is 9.10. The fourth-order valence-corrected chi connectivity index (χ4v) is 0. The molecule has 0 fully saturated rings. The number of hydrogen-bond donors (Lipinski definition) is 2. The molecule has 0 aromatic heterocycles. The second kappa shape index (κ2) is 10.5. The number of rotatable bonds is 1. The molecule has 0 aliphatic rings. The van der Waals surface area contributed by atoms with Gasteiger partial charge in [0.05, 0.1) is 0 Å². The van der Waals surface area contributed by atoms with Crippen LogP contribution in [0, 0.1) is 0 Å². The summed E-state index contributed by atoms with van der Waals surface area (Å²) in [6.07, 6.45) is 0. The average Bonchev–Trinajstić information content (AvgIpc) is 1.89. The molecule has 0 amide bonds. The summed E-state index contributed by atoms with van der Waals surface area (Å²) >= 11 is 0. The van der Waals surface area contributed by atoms with Gasteiger partial charge in [0.25, 0.3) is 0 Å². The molecule has 0 radical (unpaired) electrons. The van der Waals surface area contributed by atoms with E-state index in [0.29, 0.717) is 0 Å². The fourth-order valence-electron chi connectivity index (χ4n) is 0. The van der Waals surface area contributed by atoms with Crippen LogP contribution in [0.3, 0.4) is 0 Å². The second-order valence-corrected chi connectivity index (χ2v) is 1.72. The monoisotopic (exact) mass is 357 g/mol. The zero-order valence-electron chi connectivity index (χ0n) is 6.31. The van der Waals surface area contributed by atoms with Crippen LogP contribution in [-0.4, -0.2) is 34.7 Å². The van der Waals surface area contributed by atoms with Crippen LogP contribution >= 0.6 is 0 Å². The van der Waals surface area contributed by atoms with Crippen molar-refractivity contribution in [3.63, 3.8) is 0 Å². The van der Waals surface area contributed by atoms with E-state index in [0.717, 1.165) is 0 Å². The van der Waals surface area contributed by atoms with Gasteiger partial charge in [-0.2, -0.15) is 12.6 Å². The fraction of sp³-hybridized carbons (Fsp3) is 0.600. The third-order valence-corrected chi connectivity index (χ3v) is 0.489. The van der Waals surface area contributed by atoms with E-state index in [1.807, 2.05) is 0 Å². The molecule has 0 saturated heterocycles. The van der Waals surface area contributed by atoms with Gasteiger partial charge in [-0.3, -0.25) is 0 Å². The third-order valence-electron chi connectivity index (χ3n) is 0.489. The number of hydrogen-bond acceptors (Lipinski definition) is 2. The molecular formula is C5H10N2O4Pt. The van der Waals surface area contributed by atoms with Crippen molar-refractivity contribution < 1.29 is 40.9 Å². The van der Waals surface area contributed by atoms with Gasteiger partial charge < -0.3 is 21.7 Å². The molecule has 0 aromatic carbocycles. The molecule has 0 bridgehead atoms. The summed E-state index contributed by atoms with van der Waals surface area (Å²) in [5, 5.41) is 14.8. The van der Waals surface area contributed by atoms with Gasteiger partial charge in [-0.1, -0.05) is 6.92 Å². The van der Waals surface area contributed by atoms with E-state index in [9.17, 15) is 0 Å². The van der Waals surface area contributed by atoms with Gasteiger partial charge in [-0.05, 0) is 0 Å². The van der Waals surface area contributed by atoms with E-state index in [1.54, 1.807) is 6.92 Å². The molecule has 0 spiro atoms. The molecule has 1 atom stereocenters. The second-order valence-electron chi connectivity index (χ2n) is 1.72. The first-order valence-electron chi connectivity index (χ1n) is 2.73. The SMILES string of the molecule is CC([NH-])C[NH-].O=C(O)C(=O)O.[Pt+2]. The molecule has 74 valence electrons. The Morgan fingerprint density at radius 3 is 1.50 bits per heavy atom. The first-order valence-corrected chi connectivity index (χ1v) is 2.73. The van der Waals surface area contributed by atoms with Crippen LogP contribution in [0.15, 0.2) is 0 Å². The van der Waals surface area contributed by atoms with Gasteiger partial charge in [0.15, 0.2) is 0 Å². The number of aliphatic carboxylic acids is 2. The van der Waals surface area contributed by atoms with Gasteiger partial charge in [-0.15, -0.1) is 0 Å². The Labute approximate surface area is 84.2 Å². The zero-order valence-corrected chi connectivity index (χ0v) is 8.58. The van der Waals surface area contributed by atoms with E-state index in [-0.39, 0.29) is 33.7 Å². The van der Waals surface area contributed by atoms with Crippen molar-refractivity contribution in [1.29, 1.82) is 0 Å². The Morgan fingerprint density at radius 1 is 1.33 bits per heavy atom. The molecule has 12 heavy (non-hydrogen) atoms. The Kier molecular flexibility index (Phi) is 15.5. The van der Waals surface area contributed by atoms with Crippen molar-refractivity contribution in [2.24, 2.45) is 0 Å². The van der Waals surface area contributed by atoms with E-state index in [1.165, 1.54) is 0 Å². The van der Waals surface area contributed by atoms with Crippen molar-refractivity contribution in [2.45, 2.75) is 13.0 Å². The normalized spacial score (nSPS) is 9.92. The van der Waals surface area contributed by atoms with Crippen molar-refractivity contribution in [1.82, 2.24) is 0 Å². The molecule has 0 saturated carbocycles. The van der Waals surface area contributed by atoms with Gasteiger partial charge in [0.1, 0.15) is 0 Å². The van der Waals surface area contributed by atoms with Crippen LogP contribution in [0.2, 0.25) is 0 Å². The predicted octanol–water partition coefficient (Wildman–Crippen LogP) is 0.632. The van der Waals surface area contributed by atoms with Gasteiger partial charge in [0, 0.05) is 0 Å². The van der Waals surface area contributed by atoms with Crippen molar-refractivity contribution in [3.05, 3.63) is 11.5 Å². The van der Waals surface area contributed by atoms with Crippen LogP contribution in [0.25, 0.3) is 11.5 Å². The smallest absolute Gasteiger partial charge is 0.679 e. The topological polar surface area (TPSA) is 122 Å². The first kappa shape index (κ1) is 17.6. The van der Waals surface area contributed by atoms with Gasteiger partial charge in [-0.25, -0.2) is 9.59 Å². The minimum Gasteiger partial charge on any atom is -0.679 e. The number of carboxylic acids is 2. The minimum absolute atomic E-state index is 0. The molecular weight excluding hydrogens is 347 g/mol. The molecule has 4 N–H and O–H groups in total. The molecule has 0 aliphatic carbocycles. The van der Waals surface area contributed by atoms with Crippen LogP contribution in [0.1, 0.15) is 6.92 Å². The maximum absolute atomic E-state index is 9.10. The van der Waals surface area contributed by atoms with Crippen LogP contribution < -0.4 is 0 Å². The standard InChI is InChI=1S/C3H8N2.C2H2O4.Pt/c1-3(5)2-4;3-1(4)2(5)6;/h3-5H,2H2,1H3;(H,3,4)(H,5,6);/q-2;;+2. The summed E-state index contributed by atoms with van der Waals surface area (Å²) in [7, 11) is 0. The van der Waals surface area contributed by atoms with Crippen LogP contribution in [-0.2, 0) is 30.7 Å². The van der Waals surface area contributed by atoms with Crippen LogP contribution in [0.4, 0.5) is 0 Å². The van der Waals surface area contributed by atoms with Crippen LogP contribution in [0.5, 0.6) is 0 Å². The molecule has 0 aliphatic heterocycles.